The lowest BCUT2D eigenvalue weighted by Gasteiger charge is -2.05. The minimum Gasteiger partial charge on any atom is -0.477 e. The van der Waals surface area contributed by atoms with Crippen molar-refractivity contribution in [2.24, 2.45) is 0 Å². The number of nitrogens with one attached hydrogen (secondary N) is 2. The molecule has 114 valence electrons. The van der Waals surface area contributed by atoms with Crippen molar-refractivity contribution in [3.8, 4) is 0 Å². The molecule has 0 atom stereocenters. The van der Waals surface area contributed by atoms with Gasteiger partial charge in [0.1, 0.15) is 16.4 Å². The first-order valence-electron chi connectivity index (χ1n) is 6.37. The average molecular weight is 312 g/mol. The average Bonchev–Trinajstić information content (AvgIpc) is 3.03. The van der Waals surface area contributed by atoms with Gasteiger partial charge in [-0.05, 0) is 19.4 Å². The number of carbonyl (C=O) groups is 1. The SMILES string of the molecule is CCc1cn[nH]c1NS(=O)(=O)c1cc(C(=O)O)n(CC)c1. The molecule has 0 fully saturated rings. The number of carboxylic acid groups (broad SMARTS) is 1. The highest BCUT2D eigenvalue weighted by Gasteiger charge is 2.22. The maximum Gasteiger partial charge on any atom is 0.352 e. The zero-order chi connectivity index (χ0) is 15.6. The van der Waals surface area contributed by atoms with E-state index in [0.717, 1.165) is 11.6 Å². The van der Waals surface area contributed by atoms with Crippen LogP contribution in [0.1, 0.15) is 29.9 Å². The van der Waals surface area contributed by atoms with Crippen molar-refractivity contribution in [3.05, 3.63) is 29.7 Å². The lowest BCUT2D eigenvalue weighted by molar-refractivity contribution is 0.0685. The van der Waals surface area contributed by atoms with Crippen LogP contribution in [-0.2, 0) is 23.0 Å². The van der Waals surface area contributed by atoms with Gasteiger partial charge in [0, 0.05) is 18.3 Å². The molecule has 0 aliphatic heterocycles. The minimum atomic E-state index is -3.87. The second-order valence-electron chi connectivity index (χ2n) is 4.38. The van der Waals surface area contributed by atoms with Gasteiger partial charge in [0.2, 0.25) is 0 Å². The van der Waals surface area contributed by atoms with E-state index >= 15 is 0 Å². The fraction of sp³-hybridized carbons (Fsp3) is 0.333. The van der Waals surface area contributed by atoms with Gasteiger partial charge in [0.05, 0.1) is 6.20 Å². The van der Waals surface area contributed by atoms with Crippen molar-refractivity contribution in [2.45, 2.75) is 31.7 Å². The lowest BCUT2D eigenvalue weighted by atomic mass is 10.3. The van der Waals surface area contributed by atoms with Crippen LogP contribution in [0.15, 0.2) is 23.4 Å². The van der Waals surface area contributed by atoms with Gasteiger partial charge in [-0.3, -0.25) is 9.82 Å². The Bertz CT molecular complexity index is 760. The summed E-state index contributed by atoms with van der Waals surface area (Å²) in [6, 6.07) is 1.14. The van der Waals surface area contributed by atoms with Crippen LogP contribution in [0.3, 0.4) is 0 Å². The number of aromatic amines is 1. The summed E-state index contributed by atoms with van der Waals surface area (Å²) in [5, 5.41) is 15.4. The molecular formula is C12H16N4O4S. The number of anilines is 1. The number of carboxylic acids is 1. The summed E-state index contributed by atoms with van der Waals surface area (Å²) < 4.78 is 28.4. The van der Waals surface area contributed by atoms with E-state index in [1.165, 1.54) is 17.0 Å². The summed E-state index contributed by atoms with van der Waals surface area (Å²) in [4.78, 5) is 11.0. The molecule has 0 amide bonds. The van der Waals surface area contributed by atoms with Crippen molar-refractivity contribution in [2.75, 3.05) is 4.72 Å². The maximum absolute atomic E-state index is 12.3. The van der Waals surface area contributed by atoms with Gasteiger partial charge in [-0.1, -0.05) is 6.92 Å². The number of H-pyrrole nitrogens is 1. The molecule has 0 aromatic carbocycles. The Morgan fingerprint density at radius 3 is 2.71 bits per heavy atom. The Labute approximate surface area is 121 Å². The van der Waals surface area contributed by atoms with Crippen LogP contribution in [0.5, 0.6) is 0 Å². The number of hydrogen-bond acceptors (Lipinski definition) is 4. The highest BCUT2D eigenvalue weighted by Crippen LogP contribution is 2.20. The molecule has 2 heterocycles. The van der Waals surface area contributed by atoms with Crippen LogP contribution < -0.4 is 4.72 Å². The molecule has 3 N–H and O–H groups in total. The number of nitrogens with zero attached hydrogens (tertiary/aromatic N) is 2. The molecule has 2 aromatic heterocycles. The van der Waals surface area contributed by atoms with Gasteiger partial charge in [-0.2, -0.15) is 5.10 Å². The van der Waals surface area contributed by atoms with E-state index in [4.69, 9.17) is 5.11 Å². The number of aromatic carboxylic acids is 1. The van der Waals surface area contributed by atoms with Crippen LogP contribution in [0.2, 0.25) is 0 Å². The number of sulfonamides is 1. The molecular weight excluding hydrogens is 296 g/mol. The third-order valence-electron chi connectivity index (χ3n) is 3.08. The predicted molar refractivity (Wildman–Crippen MR) is 75.8 cm³/mol. The van der Waals surface area contributed by atoms with E-state index in [0.29, 0.717) is 18.8 Å². The van der Waals surface area contributed by atoms with Crippen molar-refractivity contribution in [1.82, 2.24) is 14.8 Å². The van der Waals surface area contributed by atoms with E-state index in [2.05, 4.69) is 14.9 Å². The monoisotopic (exact) mass is 312 g/mol. The molecule has 0 aliphatic carbocycles. The molecule has 0 saturated heterocycles. The van der Waals surface area contributed by atoms with E-state index in [9.17, 15) is 13.2 Å². The molecule has 2 aromatic rings. The Balaban J connectivity index is 2.38. The summed E-state index contributed by atoms with van der Waals surface area (Å²) >= 11 is 0. The minimum absolute atomic E-state index is 0.0711. The first-order chi connectivity index (χ1) is 9.89. The van der Waals surface area contributed by atoms with Gasteiger partial charge in [0.15, 0.2) is 0 Å². The number of aryl methyl sites for hydroxylation is 2. The Kier molecular flexibility index (Phi) is 4.03. The van der Waals surface area contributed by atoms with Crippen molar-refractivity contribution < 1.29 is 18.3 Å². The fourth-order valence-corrected chi connectivity index (χ4v) is 3.03. The zero-order valence-electron chi connectivity index (χ0n) is 11.6. The van der Waals surface area contributed by atoms with Crippen LogP contribution in [0.4, 0.5) is 5.82 Å². The topological polar surface area (TPSA) is 117 Å². The van der Waals surface area contributed by atoms with Gasteiger partial charge >= 0.3 is 5.97 Å². The van der Waals surface area contributed by atoms with Gasteiger partial charge in [0.25, 0.3) is 10.0 Å². The molecule has 8 nitrogen and oxygen atoms in total. The highest BCUT2D eigenvalue weighted by molar-refractivity contribution is 7.92. The highest BCUT2D eigenvalue weighted by atomic mass is 32.2. The third-order valence-corrected chi connectivity index (χ3v) is 4.39. The Hall–Kier alpha value is -2.29. The van der Waals surface area contributed by atoms with Crippen molar-refractivity contribution in [3.63, 3.8) is 0 Å². The summed E-state index contributed by atoms with van der Waals surface area (Å²) in [7, 11) is -3.87. The van der Waals surface area contributed by atoms with Crippen LogP contribution in [0.25, 0.3) is 0 Å². The summed E-state index contributed by atoms with van der Waals surface area (Å²) in [5.74, 6) is -0.882. The molecule has 0 radical (unpaired) electrons. The molecule has 2 rings (SSSR count). The van der Waals surface area contributed by atoms with Crippen molar-refractivity contribution in [1.29, 1.82) is 0 Å². The quantitative estimate of drug-likeness (QED) is 0.743. The molecule has 0 spiro atoms. The molecule has 0 saturated carbocycles. The van der Waals surface area contributed by atoms with Crippen LogP contribution in [-0.4, -0.2) is 34.3 Å². The van der Waals surface area contributed by atoms with Crippen LogP contribution >= 0.6 is 0 Å². The molecule has 9 heteroatoms. The standard InChI is InChI=1S/C12H16N4O4S/c1-3-8-6-13-14-11(8)15-21(19,20)9-5-10(12(17)18)16(4-2)7-9/h5-7H,3-4H2,1-2H3,(H,17,18)(H2,13,14,15). The number of rotatable bonds is 6. The Morgan fingerprint density at radius 1 is 1.48 bits per heavy atom. The molecule has 0 unspecified atom stereocenters. The smallest absolute Gasteiger partial charge is 0.352 e. The van der Waals surface area contributed by atoms with E-state index in [1.807, 2.05) is 6.92 Å². The second-order valence-corrected chi connectivity index (χ2v) is 6.06. The normalized spacial score (nSPS) is 11.5. The molecule has 0 bridgehead atoms. The second kappa shape index (κ2) is 5.60. The summed E-state index contributed by atoms with van der Waals surface area (Å²) in [5.41, 5.74) is 0.658. The van der Waals surface area contributed by atoms with E-state index < -0.39 is 16.0 Å². The fourth-order valence-electron chi connectivity index (χ4n) is 1.93. The van der Waals surface area contributed by atoms with Gasteiger partial charge in [-0.15, -0.1) is 0 Å². The predicted octanol–water partition coefficient (Wildman–Crippen LogP) is 1.29. The third kappa shape index (κ3) is 2.92. The van der Waals surface area contributed by atoms with E-state index in [1.54, 1.807) is 6.92 Å². The lowest BCUT2D eigenvalue weighted by Crippen LogP contribution is -2.13. The van der Waals surface area contributed by atoms with Crippen LogP contribution in [0, 0.1) is 0 Å². The molecule has 0 aliphatic rings. The number of aromatic nitrogens is 3. The summed E-state index contributed by atoms with van der Waals surface area (Å²) in [6.07, 6.45) is 3.45. The first-order valence-corrected chi connectivity index (χ1v) is 7.85. The molecule has 21 heavy (non-hydrogen) atoms. The van der Waals surface area contributed by atoms with E-state index in [-0.39, 0.29) is 10.6 Å². The largest absolute Gasteiger partial charge is 0.477 e. The van der Waals surface area contributed by atoms with Crippen molar-refractivity contribution >= 4 is 21.8 Å². The first kappa shape index (κ1) is 15.1. The number of hydrogen-bond donors (Lipinski definition) is 3. The zero-order valence-corrected chi connectivity index (χ0v) is 12.4. The maximum atomic E-state index is 12.3. The van der Waals surface area contributed by atoms with Gasteiger partial charge in [-0.25, -0.2) is 13.2 Å². The Morgan fingerprint density at radius 2 is 2.19 bits per heavy atom. The van der Waals surface area contributed by atoms with Gasteiger partial charge < -0.3 is 9.67 Å². The summed E-state index contributed by atoms with van der Waals surface area (Å²) in [6.45, 7) is 3.97.